The average Bonchev–Trinajstić information content (AvgIpc) is 2.69. The molecule has 148 valence electrons. The third-order valence-electron chi connectivity index (χ3n) is 4.22. The standard InChI is InChI=1S/C23H17ClF3NO/c24-21-9-2-1-8-20(21)17-13-11-16(12-14-17)5-3-10-22(29)28-19-7-4-6-18(15-19)23(25,26)27/h1-4,6-15H,5H2,(H,28,29). The lowest BCUT2D eigenvalue weighted by molar-refractivity contribution is -0.137. The highest BCUT2D eigenvalue weighted by atomic mass is 35.5. The number of carbonyl (C=O) groups excluding carboxylic acids is 1. The molecule has 0 spiro atoms. The van der Waals surface area contributed by atoms with Crippen molar-refractivity contribution < 1.29 is 18.0 Å². The van der Waals surface area contributed by atoms with Crippen LogP contribution in [0.2, 0.25) is 5.02 Å². The fourth-order valence-electron chi connectivity index (χ4n) is 2.77. The van der Waals surface area contributed by atoms with Gasteiger partial charge in [0.15, 0.2) is 0 Å². The summed E-state index contributed by atoms with van der Waals surface area (Å²) in [6, 6.07) is 19.9. The van der Waals surface area contributed by atoms with E-state index in [1.807, 2.05) is 48.5 Å². The van der Waals surface area contributed by atoms with E-state index in [0.29, 0.717) is 11.4 Å². The first-order chi connectivity index (χ1) is 13.8. The molecule has 0 aromatic heterocycles. The molecule has 0 saturated carbocycles. The van der Waals surface area contributed by atoms with Crippen LogP contribution in [0.3, 0.4) is 0 Å². The summed E-state index contributed by atoms with van der Waals surface area (Å²) in [5, 5.41) is 3.11. The molecule has 0 aliphatic carbocycles. The summed E-state index contributed by atoms with van der Waals surface area (Å²) in [6.45, 7) is 0. The molecule has 3 rings (SSSR count). The molecule has 0 heterocycles. The van der Waals surface area contributed by atoms with E-state index in [-0.39, 0.29) is 5.69 Å². The molecule has 0 bridgehead atoms. The molecule has 0 fully saturated rings. The molecule has 3 aromatic carbocycles. The van der Waals surface area contributed by atoms with Gasteiger partial charge in [0.05, 0.1) is 5.56 Å². The van der Waals surface area contributed by atoms with E-state index in [0.717, 1.165) is 28.8 Å². The predicted octanol–water partition coefficient (Wildman–Crippen LogP) is 6.76. The van der Waals surface area contributed by atoms with Crippen molar-refractivity contribution in [3.05, 3.63) is 101 Å². The van der Waals surface area contributed by atoms with Crippen LogP contribution in [0.15, 0.2) is 84.9 Å². The quantitative estimate of drug-likeness (QED) is 0.458. The predicted molar refractivity (Wildman–Crippen MR) is 110 cm³/mol. The molecule has 3 aromatic rings. The Kier molecular flexibility index (Phi) is 6.39. The molecule has 0 unspecified atom stereocenters. The molecule has 0 aliphatic heterocycles. The lowest BCUT2D eigenvalue weighted by Gasteiger charge is -2.08. The number of anilines is 1. The SMILES string of the molecule is O=C(C=CCc1ccc(-c2ccccc2Cl)cc1)Nc1cccc(C(F)(F)F)c1. The van der Waals surface area contributed by atoms with Crippen molar-refractivity contribution in [2.24, 2.45) is 0 Å². The van der Waals surface area contributed by atoms with Crippen LogP contribution >= 0.6 is 11.6 Å². The van der Waals surface area contributed by atoms with Gasteiger partial charge in [0.1, 0.15) is 0 Å². The Morgan fingerprint density at radius 2 is 1.69 bits per heavy atom. The zero-order valence-electron chi connectivity index (χ0n) is 15.2. The van der Waals surface area contributed by atoms with Gasteiger partial charge in [-0.3, -0.25) is 4.79 Å². The van der Waals surface area contributed by atoms with Gasteiger partial charge in [0.2, 0.25) is 5.91 Å². The van der Waals surface area contributed by atoms with Gasteiger partial charge in [-0.25, -0.2) is 0 Å². The molecule has 0 atom stereocenters. The second kappa shape index (κ2) is 8.97. The maximum Gasteiger partial charge on any atom is 0.416 e. The summed E-state index contributed by atoms with van der Waals surface area (Å²) in [4.78, 5) is 11.9. The monoisotopic (exact) mass is 415 g/mol. The fourth-order valence-corrected chi connectivity index (χ4v) is 3.02. The van der Waals surface area contributed by atoms with Gasteiger partial charge in [-0.15, -0.1) is 0 Å². The Morgan fingerprint density at radius 3 is 2.38 bits per heavy atom. The number of rotatable bonds is 5. The van der Waals surface area contributed by atoms with E-state index in [1.54, 1.807) is 6.08 Å². The molecule has 1 amide bonds. The first kappa shape index (κ1) is 20.7. The molecule has 1 N–H and O–H groups in total. The minimum Gasteiger partial charge on any atom is -0.323 e. The van der Waals surface area contributed by atoms with Crippen LogP contribution in [0.4, 0.5) is 18.9 Å². The number of nitrogens with one attached hydrogen (secondary N) is 1. The summed E-state index contributed by atoms with van der Waals surface area (Å²) in [5.74, 6) is -0.489. The summed E-state index contributed by atoms with van der Waals surface area (Å²) in [7, 11) is 0. The number of hydrogen-bond donors (Lipinski definition) is 1. The van der Waals surface area contributed by atoms with Crippen molar-refractivity contribution in [2.75, 3.05) is 5.32 Å². The van der Waals surface area contributed by atoms with Crippen LogP contribution in [0.5, 0.6) is 0 Å². The van der Waals surface area contributed by atoms with E-state index < -0.39 is 17.6 Å². The first-order valence-electron chi connectivity index (χ1n) is 8.81. The summed E-state index contributed by atoms with van der Waals surface area (Å²) < 4.78 is 38.2. The number of benzene rings is 3. The lowest BCUT2D eigenvalue weighted by Crippen LogP contribution is -2.10. The Labute approximate surface area is 171 Å². The highest BCUT2D eigenvalue weighted by Crippen LogP contribution is 2.30. The summed E-state index contributed by atoms with van der Waals surface area (Å²) >= 11 is 6.20. The number of hydrogen-bond acceptors (Lipinski definition) is 1. The molecule has 6 heteroatoms. The zero-order valence-corrected chi connectivity index (χ0v) is 16.0. The molecule has 0 aliphatic rings. The van der Waals surface area contributed by atoms with Crippen molar-refractivity contribution in [1.82, 2.24) is 0 Å². The first-order valence-corrected chi connectivity index (χ1v) is 9.19. The van der Waals surface area contributed by atoms with Crippen molar-refractivity contribution >= 4 is 23.2 Å². The molecular formula is C23H17ClF3NO. The second-order valence-corrected chi connectivity index (χ2v) is 6.76. The van der Waals surface area contributed by atoms with Gasteiger partial charge in [-0.05, 0) is 47.9 Å². The van der Waals surface area contributed by atoms with E-state index in [9.17, 15) is 18.0 Å². The van der Waals surface area contributed by atoms with Crippen molar-refractivity contribution in [2.45, 2.75) is 12.6 Å². The van der Waals surface area contributed by atoms with Crippen LogP contribution in [-0.4, -0.2) is 5.91 Å². The highest BCUT2D eigenvalue weighted by Gasteiger charge is 2.30. The largest absolute Gasteiger partial charge is 0.416 e. The number of alkyl halides is 3. The minimum absolute atomic E-state index is 0.0959. The number of amides is 1. The number of carbonyl (C=O) groups is 1. The van der Waals surface area contributed by atoms with E-state index in [1.165, 1.54) is 18.2 Å². The molecule has 2 nitrogen and oxygen atoms in total. The van der Waals surface area contributed by atoms with Gasteiger partial charge in [-0.1, -0.05) is 66.2 Å². The van der Waals surface area contributed by atoms with E-state index in [4.69, 9.17) is 11.6 Å². The molecule has 0 saturated heterocycles. The maximum atomic E-state index is 12.7. The van der Waals surface area contributed by atoms with Crippen LogP contribution in [0, 0.1) is 0 Å². The third-order valence-corrected chi connectivity index (χ3v) is 4.55. The normalized spacial score (nSPS) is 11.6. The van der Waals surface area contributed by atoms with Gasteiger partial charge in [0.25, 0.3) is 0 Å². The number of halogens is 4. The zero-order chi connectivity index (χ0) is 20.9. The van der Waals surface area contributed by atoms with Crippen LogP contribution in [-0.2, 0) is 17.4 Å². The van der Waals surface area contributed by atoms with Crippen LogP contribution in [0.1, 0.15) is 11.1 Å². The van der Waals surface area contributed by atoms with Crippen molar-refractivity contribution in [3.8, 4) is 11.1 Å². The minimum atomic E-state index is -4.45. The van der Waals surface area contributed by atoms with E-state index >= 15 is 0 Å². The Morgan fingerprint density at radius 1 is 0.966 bits per heavy atom. The smallest absolute Gasteiger partial charge is 0.323 e. The van der Waals surface area contributed by atoms with Gasteiger partial charge >= 0.3 is 6.18 Å². The Bertz CT molecular complexity index is 1030. The lowest BCUT2D eigenvalue weighted by atomic mass is 10.0. The highest BCUT2D eigenvalue weighted by molar-refractivity contribution is 6.33. The Hall–Kier alpha value is -3.05. The van der Waals surface area contributed by atoms with Gasteiger partial charge < -0.3 is 5.32 Å². The van der Waals surface area contributed by atoms with Gasteiger partial charge in [0, 0.05) is 16.3 Å². The molecular weight excluding hydrogens is 399 g/mol. The van der Waals surface area contributed by atoms with Crippen molar-refractivity contribution in [1.29, 1.82) is 0 Å². The number of allylic oxidation sites excluding steroid dienone is 1. The maximum absolute atomic E-state index is 12.7. The third kappa shape index (κ3) is 5.72. The summed E-state index contributed by atoms with van der Waals surface area (Å²) in [5.41, 5.74) is 2.21. The topological polar surface area (TPSA) is 29.1 Å². The van der Waals surface area contributed by atoms with Gasteiger partial charge in [-0.2, -0.15) is 13.2 Å². The second-order valence-electron chi connectivity index (χ2n) is 6.35. The van der Waals surface area contributed by atoms with E-state index in [2.05, 4.69) is 5.32 Å². The van der Waals surface area contributed by atoms with Crippen LogP contribution < -0.4 is 5.32 Å². The van der Waals surface area contributed by atoms with Crippen molar-refractivity contribution in [3.63, 3.8) is 0 Å². The van der Waals surface area contributed by atoms with Crippen LogP contribution in [0.25, 0.3) is 11.1 Å². The molecule has 29 heavy (non-hydrogen) atoms. The fraction of sp³-hybridized carbons (Fsp3) is 0.0870. The Balaban J connectivity index is 1.59. The molecule has 0 radical (unpaired) electrons. The summed E-state index contributed by atoms with van der Waals surface area (Å²) in [6.07, 6.45) is -0.971. The average molecular weight is 416 g/mol.